The number of hydrogen-bond acceptors (Lipinski definition) is 1. The maximum absolute atomic E-state index is 12.2. The molecule has 0 radical (unpaired) electrons. The van der Waals surface area contributed by atoms with Gasteiger partial charge in [0.25, 0.3) is 0 Å². The Labute approximate surface area is 168 Å². The van der Waals surface area contributed by atoms with E-state index in [1.807, 2.05) is 12.1 Å². The van der Waals surface area contributed by atoms with E-state index in [4.69, 9.17) is 0 Å². The molecule has 1 saturated carbocycles. The van der Waals surface area contributed by atoms with E-state index >= 15 is 0 Å². The Morgan fingerprint density at radius 1 is 0.857 bits per heavy atom. The summed E-state index contributed by atoms with van der Waals surface area (Å²) in [5.74, 6) is 1.86. The highest BCUT2D eigenvalue weighted by Crippen LogP contribution is 2.37. The first-order valence-corrected chi connectivity index (χ1v) is 10.8. The number of alkyl halides is 2. The minimum Gasteiger partial charge on any atom is -0.435 e. The van der Waals surface area contributed by atoms with Gasteiger partial charge in [0.15, 0.2) is 0 Å². The number of hydrogen-bond donors (Lipinski definition) is 0. The van der Waals surface area contributed by atoms with Crippen LogP contribution in [0.3, 0.4) is 0 Å². The second kappa shape index (κ2) is 10.6. The van der Waals surface area contributed by atoms with Gasteiger partial charge in [-0.2, -0.15) is 8.78 Å². The van der Waals surface area contributed by atoms with Gasteiger partial charge in [-0.25, -0.2) is 0 Å². The summed E-state index contributed by atoms with van der Waals surface area (Å²) in [4.78, 5) is 0. The number of benzene rings is 2. The van der Waals surface area contributed by atoms with Crippen molar-refractivity contribution in [3.8, 4) is 5.75 Å². The first-order valence-electron chi connectivity index (χ1n) is 10.8. The number of halogens is 2. The molecule has 0 amide bonds. The van der Waals surface area contributed by atoms with E-state index in [1.165, 1.54) is 62.5 Å². The van der Waals surface area contributed by atoms with E-state index < -0.39 is 6.61 Å². The van der Waals surface area contributed by atoms with Crippen molar-refractivity contribution in [2.45, 2.75) is 77.2 Å². The molecule has 3 rings (SSSR count). The van der Waals surface area contributed by atoms with E-state index in [0.717, 1.165) is 17.9 Å². The number of unbranched alkanes of at least 4 members (excludes halogenated alkanes) is 2. The summed E-state index contributed by atoms with van der Waals surface area (Å²) in [7, 11) is 0. The fraction of sp³-hybridized carbons (Fsp3) is 0.520. The molecule has 2 aromatic carbocycles. The van der Waals surface area contributed by atoms with Crippen LogP contribution in [0.2, 0.25) is 0 Å². The topological polar surface area (TPSA) is 9.23 Å². The van der Waals surface area contributed by atoms with E-state index in [9.17, 15) is 8.78 Å². The molecule has 0 unspecified atom stereocenters. The normalized spacial score (nSPS) is 19.7. The zero-order valence-corrected chi connectivity index (χ0v) is 16.9. The Kier molecular flexibility index (Phi) is 7.88. The minimum atomic E-state index is -2.77. The van der Waals surface area contributed by atoms with Gasteiger partial charge < -0.3 is 4.74 Å². The molecule has 1 nitrogen and oxygen atoms in total. The molecular formula is C25H32F2O. The molecule has 2 aromatic rings. The lowest BCUT2D eigenvalue weighted by Gasteiger charge is -2.29. The van der Waals surface area contributed by atoms with Crippen LogP contribution in [0.1, 0.15) is 80.9 Å². The second-order valence-electron chi connectivity index (χ2n) is 8.15. The summed E-state index contributed by atoms with van der Waals surface area (Å²) in [6.07, 6.45) is 11.7. The van der Waals surface area contributed by atoms with Crippen molar-refractivity contribution in [1.82, 2.24) is 0 Å². The third-order valence-electron chi connectivity index (χ3n) is 6.07. The Morgan fingerprint density at radius 2 is 1.46 bits per heavy atom. The fourth-order valence-corrected chi connectivity index (χ4v) is 4.40. The summed E-state index contributed by atoms with van der Waals surface area (Å²) >= 11 is 0. The standard InChI is InChI=1S/C25H32F2O/c1-2-3-4-5-19-6-12-22(13-7-19)23-14-8-20(9-15-23)18-21-10-16-24(17-11-21)28-25(26)27/h8-11,14-17,19,22,25H,2-7,12-13,18H2,1H3. The van der Waals surface area contributed by atoms with Gasteiger partial charge in [0.2, 0.25) is 0 Å². The molecule has 28 heavy (non-hydrogen) atoms. The quantitative estimate of drug-likeness (QED) is 0.401. The number of ether oxygens (including phenoxy) is 1. The molecule has 1 fully saturated rings. The Bertz CT molecular complexity index is 685. The Hall–Kier alpha value is -1.90. The Balaban J connectivity index is 1.49. The Morgan fingerprint density at radius 3 is 2.04 bits per heavy atom. The van der Waals surface area contributed by atoms with Gasteiger partial charge in [0, 0.05) is 0 Å². The van der Waals surface area contributed by atoms with Crippen LogP contribution < -0.4 is 4.74 Å². The van der Waals surface area contributed by atoms with Crippen molar-refractivity contribution < 1.29 is 13.5 Å². The van der Waals surface area contributed by atoms with Gasteiger partial charge >= 0.3 is 6.61 Å². The van der Waals surface area contributed by atoms with Crippen molar-refractivity contribution in [2.24, 2.45) is 5.92 Å². The lowest BCUT2D eigenvalue weighted by Crippen LogP contribution is -2.13. The third-order valence-corrected chi connectivity index (χ3v) is 6.07. The van der Waals surface area contributed by atoms with Gasteiger partial charge in [0.05, 0.1) is 0 Å². The van der Waals surface area contributed by atoms with Gasteiger partial charge in [-0.15, -0.1) is 0 Å². The molecule has 0 bridgehead atoms. The van der Waals surface area contributed by atoms with Crippen LogP contribution in [0.15, 0.2) is 48.5 Å². The van der Waals surface area contributed by atoms with Crippen LogP contribution in [-0.2, 0) is 6.42 Å². The van der Waals surface area contributed by atoms with Crippen LogP contribution >= 0.6 is 0 Å². The van der Waals surface area contributed by atoms with Crippen molar-refractivity contribution in [1.29, 1.82) is 0 Å². The van der Waals surface area contributed by atoms with Crippen molar-refractivity contribution >= 4 is 0 Å². The van der Waals surface area contributed by atoms with E-state index in [0.29, 0.717) is 5.92 Å². The van der Waals surface area contributed by atoms with Crippen molar-refractivity contribution in [3.63, 3.8) is 0 Å². The SMILES string of the molecule is CCCCCC1CCC(c2ccc(Cc3ccc(OC(F)F)cc3)cc2)CC1. The number of rotatable bonds is 9. The molecule has 0 N–H and O–H groups in total. The lowest BCUT2D eigenvalue weighted by molar-refractivity contribution is -0.0498. The molecule has 3 heteroatoms. The van der Waals surface area contributed by atoms with E-state index in [2.05, 4.69) is 35.9 Å². The van der Waals surface area contributed by atoms with Gasteiger partial charge in [0.1, 0.15) is 5.75 Å². The fourth-order valence-electron chi connectivity index (χ4n) is 4.40. The summed E-state index contributed by atoms with van der Waals surface area (Å²) in [5, 5.41) is 0. The maximum atomic E-state index is 12.2. The van der Waals surface area contributed by atoms with Gasteiger partial charge in [-0.3, -0.25) is 0 Å². The largest absolute Gasteiger partial charge is 0.435 e. The molecule has 1 aliphatic carbocycles. The predicted octanol–water partition coefficient (Wildman–Crippen LogP) is 7.73. The lowest BCUT2D eigenvalue weighted by atomic mass is 9.77. The average molecular weight is 387 g/mol. The van der Waals surface area contributed by atoms with Crippen LogP contribution in [0.4, 0.5) is 8.78 Å². The van der Waals surface area contributed by atoms with Gasteiger partial charge in [-0.1, -0.05) is 69.0 Å². The highest BCUT2D eigenvalue weighted by Gasteiger charge is 2.21. The molecule has 0 aromatic heterocycles. The molecule has 0 heterocycles. The smallest absolute Gasteiger partial charge is 0.387 e. The first kappa shape index (κ1) is 20.8. The molecular weight excluding hydrogens is 354 g/mol. The van der Waals surface area contributed by atoms with Crippen LogP contribution in [0, 0.1) is 5.92 Å². The summed E-state index contributed by atoms with van der Waals surface area (Å²) < 4.78 is 28.9. The van der Waals surface area contributed by atoms with Crippen LogP contribution in [0.5, 0.6) is 5.75 Å². The second-order valence-corrected chi connectivity index (χ2v) is 8.15. The molecule has 0 spiro atoms. The average Bonchev–Trinajstić information content (AvgIpc) is 2.70. The van der Waals surface area contributed by atoms with Crippen molar-refractivity contribution in [3.05, 3.63) is 65.2 Å². The maximum Gasteiger partial charge on any atom is 0.387 e. The molecule has 0 aliphatic heterocycles. The first-order chi connectivity index (χ1) is 13.6. The third kappa shape index (κ3) is 6.32. The zero-order chi connectivity index (χ0) is 19.8. The van der Waals surface area contributed by atoms with Crippen molar-refractivity contribution in [2.75, 3.05) is 0 Å². The predicted molar refractivity (Wildman–Crippen MR) is 111 cm³/mol. The summed E-state index contributed by atoms with van der Waals surface area (Å²) in [6.45, 7) is -0.498. The molecule has 1 aliphatic rings. The van der Waals surface area contributed by atoms with Crippen LogP contribution in [-0.4, -0.2) is 6.61 Å². The highest BCUT2D eigenvalue weighted by atomic mass is 19.3. The van der Waals surface area contributed by atoms with E-state index in [-0.39, 0.29) is 5.75 Å². The minimum absolute atomic E-state index is 0.208. The molecule has 0 saturated heterocycles. The zero-order valence-electron chi connectivity index (χ0n) is 16.9. The summed E-state index contributed by atoms with van der Waals surface area (Å²) in [6, 6.07) is 15.9. The monoisotopic (exact) mass is 386 g/mol. The molecule has 152 valence electrons. The highest BCUT2D eigenvalue weighted by molar-refractivity contribution is 5.33. The van der Waals surface area contributed by atoms with Crippen LogP contribution in [0.25, 0.3) is 0 Å². The van der Waals surface area contributed by atoms with E-state index in [1.54, 1.807) is 12.1 Å². The molecule has 0 atom stereocenters. The van der Waals surface area contributed by atoms with Gasteiger partial charge in [-0.05, 0) is 72.8 Å². The summed E-state index contributed by atoms with van der Waals surface area (Å²) in [5.41, 5.74) is 3.82.